The van der Waals surface area contributed by atoms with Crippen molar-refractivity contribution in [3.63, 3.8) is 0 Å². The van der Waals surface area contributed by atoms with Crippen LogP contribution in [0.3, 0.4) is 0 Å². The fourth-order valence-corrected chi connectivity index (χ4v) is 10.7. The summed E-state index contributed by atoms with van der Waals surface area (Å²) in [6.07, 6.45) is 58.3. The SMILES string of the molecule is CC/C=C\C/C=C\C/C=C\C/C=C\C/C=C\C/C=C\CCCCCCCCCCCCCCCCCCCCCCCCC(=O)NC(COC1OC(CO)C(OC2OC(CO)C(O)C(O)C2O)C(O)C1O)C(O)/C=C/CCCCCCCCC. The Morgan fingerprint density at radius 2 is 0.821 bits per heavy atom. The van der Waals surface area contributed by atoms with Gasteiger partial charge in [-0.3, -0.25) is 4.79 Å². The summed E-state index contributed by atoms with van der Waals surface area (Å²) in [6.45, 7) is 2.65. The van der Waals surface area contributed by atoms with Crippen molar-refractivity contribution in [2.24, 2.45) is 0 Å². The zero-order valence-corrected chi connectivity index (χ0v) is 52.6. The topological polar surface area (TPSA) is 228 Å². The summed E-state index contributed by atoms with van der Waals surface area (Å²) in [6, 6.07) is -0.913. The monoisotopic (exact) mass is 1190 g/mol. The van der Waals surface area contributed by atoms with Crippen LogP contribution in [0.4, 0.5) is 0 Å². The molecule has 0 radical (unpaired) electrons. The molecule has 2 aliphatic rings. The molecule has 2 heterocycles. The number of aliphatic hydroxyl groups excluding tert-OH is 8. The van der Waals surface area contributed by atoms with E-state index in [2.05, 4.69) is 92.1 Å². The zero-order chi connectivity index (χ0) is 60.9. The van der Waals surface area contributed by atoms with E-state index in [-0.39, 0.29) is 18.9 Å². The van der Waals surface area contributed by atoms with Crippen LogP contribution in [0.15, 0.2) is 85.1 Å². The van der Waals surface area contributed by atoms with Crippen LogP contribution < -0.4 is 5.32 Å². The Morgan fingerprint density at radius 3 is 1.26 bits per heavy atom. The molecule has 2 rings (SSSR count). The van der Waals surface area contributed by atoms with Crippen molar-refractivity contribution in [1.29, 1.82) is 0 Å². The van der Waals surface area contributed by atoms with Crippen LogP contribution in [0, 0.1) is 0 Å². The average Bonchev–Trinajstić information content (AvgIpc) is 2.28. The Bertz CT molecular complexity index is 1730. The highest BCUT2D eigenvalue weighted by molar-refractivity contribution is 5.76. The third-order valence-corrected chi connectivity index (χ3v) is 16.1. The number of allylic oxidation sites excluding steroid dienone is 13. The minimum atomic E-state index is -1.79. The molecule has 486 valence electrons. The van der Waals surface area contributed by atoms with Crippen LogP contribution in [-0.4, -0.2) is 140 Å². The quantitative estimate of drug-likeness (QED) is 0.0204. The van der Waals surface area contributed by atoms with Gasteiger partial charge in [-0.25, -0.2) is 0 Å². The number of carbonyl (C=O) groups is 1. The molecule has 0 saturated carbocycles. The van der Waals surface area contributed by atoms with Gasteiger partial charge in [-0.05, 0) is 70.6 Å². The van der Waals surface area contributed by atoms with Gasteiger partial charge in [0.1, 0.15) is 48.8 Å². The smallest absolute Gasteiger partial charge is 0.220 e. The van der Waals surface area contributed by atoms with Crippen molar-refractivity contribution in [1.82, 2.24) is 5.32 Å². The number of amides is 1. The first-order valence-corrected chi connectivity index (χ1v) is 33.8. The number of carbonyl (C=O) groups excluding carboxylic acids is 1. The molecule has 2 fully saturated rings. The largest absolute Gasteiger partial charge is 0.394 e. The van der Waals surface area contributed by atoms with Crippen molar-refractivity contribution in [3.05, 3.63) is 85.1 Å². The second-order valence-electron chi connectivity index (χ2n) is 23.6. The number of aliphatic hydroxyl groups is 8. The maximum atomic E-state index is 13.2. The van der Waals surface area contributed by atoms with Crippen LogP contribution in [0.1, 0.15) is 258 Å². The highest BCUT2D eigenvalue weighted by Crippen LogP contribution is 2.30. The Morgan fingerprint density at radius 1 is 0.440 bits per heavy atom. The van der Waals surface area contributed by atoms with E-state index in [9.17, 15) is 45.6 Å². The maximum absolute atomic E-state index is 13.2. The molecule has 2 saturated heterocycles. The van der Waals surface area contributed by atoms with E-state index in [0.717, 1.165) is 83.5 Å². The Kier molecular flexibility index (Phi) is 50.0. The van der Waals surface area contributed by atoms with E-state index < -0.39 is 86.8 Å². The summed E-state index contributed by atoms with van der Waals surface area (Å²) in [4.78, 5) is 13.2. The molecule has 14 nitrogen and oxygen atoms in total. The highest BCUT2D eigenvalue weighted by Gasteiger charge is 2.51. The molecule has 14 heteroatoms. The van der Waals surface area contributed by atoms with Gasteiger partial charge < -0.3 is 65.1 Å². The summed E-state index contributed by atoms with van der Waals surface area (Å²) in [5.74, 6) is -0.241. The number of unbranched alkanes of at least 4 members (excludes halogenated alkanes) is 29. The molecular weight excluding hydrogens is 1060 g/mol. The van der Waals surface area contributed by atoms with Crippen LogP contribution >= 0.6 is 0 Å². The van der Waals surface area contributed by atoms with Crippen molar-refractivity contribution in [3.8, 4) is 0 Å². The Labute approximate surface area is 510 Å². The predicted molar refractivity (Wildman–Crippen MR) is 341 cm³/mol. The molecular formula is C70H123NO13. The lowest BCUT2D eigenvalue weighted by molar-refractivity contribution is -0.359. The molecule has 12 unspecified atom stereocenters. The minimum absolute atomic E-state index is 0.241. The van der Waals surface area contributed by atoms with E-state index in [1.807, 2.05) is 6.08 Å². The summed E-state index contributed by atoms with van der Waals surface area (Å²) < 4.78 is 22.7. The van der Waals surface area contributed by atoms with Crippen molar-refractivity contribution in [2.75, 3.05) is 19.8 Å². The van der Waals surface area contributed by atoms with Gasteiger partial charge in [0.25, 0.3) is 0 Å². The first-order chi connectivity index (χ1) is 41.1. The van der Waals surface area contributed by atoms with Crippen LogP contribution in [-0.2, 0) is 23.7 Å². The van der Waals surface area contributed by atoms with Gasteiger partial charge in [0.2, 0.25) is 5.91 Å². The molecule has 0 aliphatic carbocycles. The molecule has 0 aromatic carbocycles. The van der Waals surface area contributed by atoms with E-state index in [4.69, 9.17) is 18.9 Å². The fourth-order valence-electron chi connectivity index (χ4n) is 10.7. The first-order valence-electron chi connectivity index (χ1n) is 33.8. The second kappa shape index (κ2) is 54.3. The third-order valence-electron chi connectivity index (χ3n) is 16.1. The van der Waals surface area contributed by atoms with Gasteiger partial charge in [0.05, 0.1) is 32.0 Å². The second-order valence-corrected chi connectivity index (χ2v) is 23.6. The lowest BCUT2D eigenvalue weighted by Gasteiger charge is -2.46. The number of hydrogen-bond donors (Lipinski definition) is 9. The standard InChI is InChI=1S/C70H123NO13/c1-3-5-7-9-11-13-14-15-16-17-18-19-20-21-22-23-24-25-26-27-28-29-30-31-32-33-34-35-36-37-38-39-40-41-42-43-44-46-48-50-52-54-62(75)71-58(59(74)53-51-49-47-45-12-10-8-6-4-2)57-81-69-67(80)65(78)68(61(56-73)83-69)84-70-66(79)64(77)63(76)60(55-72)82-70/h5,7,11,13,15-16,18-19,21-22,24-25,51,53,58-61,63-70,72-74,76-80H,3-4,6,8-10,12,14,17,20,23,26-50,52,54-57H2,1-2H3,(H,71,75)/b7-5-,13-11-,16-15-,19-18-,22-21-,25-24-,53-51+. The lowest BCUT2D eigenvalue weighted by Crippen LogP contribution is -2.65. The zero-order valence-electron chi connectivity index (χ0n) is 52.6. The summed E-state index contributed by atoms with van der Waals surface area (Å²) in [5, 5.41) is 86.9. The molecule has 0 aromatic heterocycles. The van der Waals surface area contributed by atoms with Crippen LogP contribution in [0.5, 0.6) is 0 Å². The van der Waals surface area contributed by atoms with Crippen LogP contribution in [0.25, 0.3) is 0 Å². The lowest BCUT2D eigenvalue weighted by atomic mass is 9.97. The summed E-state index contributed by atoms with van der Waals surface area (Å²) in [5.41, 5.74) is 0. The number of hydrogen-bond acceptors (Lipinski definition) is 13. The molecule has 1 amide bonds. The average molecular weight is 1190 g/mol. The van der Waals surface area contributed by atoms with Gasteiger partial charge in [-0.2, -0.15) is 0 Å². The number of ether oxygens (including phenoxy) is 4. The normalized spacial score (nSPS) is 24.2. The summed E-state index contributed by atoms with van der Waals surface area (Å²) in [7, 11) is 0. The third kappa shape index (κ3) is 38.4. The van der Waals surface area contributed by atoms with Gasteiger partial charge in [0, 0.05) is 6.42 Å². The molecule has 0 aromatic rings. The molecule has 0 spiro atoms. The van der Waals surface area contributed by atoms with Gasteiger partial charge in [0.15, 0.2) is 12.6 Å². The summed E-state index contributed by atoms with van der Waals surface area (Å²) >= 11 is 0. The van der Waals surface area contributed by atoms with Crippen LogP contribution in [0.2, 0.25) is 0 Å². The number of rotatable bonds is 54. The Balaban J connectivity index is 1.51. The van der Waals surface area contributed by atoms with E-state index in [1.165, 1.54) is 148 Å². The van der Waals surface area contributed by atoms with Crippen molar-refractivity contribution in [2.45, 2.75) is 331 Å². The molecule has 84 heavy (non-hydrogen) atoms. The first kappa shape index (κ1) is 77.3. The molecule has 12 atom stereocenters. The molecule has 9 N–H and O–H groups in total. The van der Waals surface area contributed by atoms with Crippen molar-refractivity contribution < 1.29 is 64.6 Å². The van der Waals surface area contributed by atoms with Gasteiger partial charge in [-0.15, -0.1) is 0 Å². The minimum Gasteiger partial charge on any atom is -0.394 e. The molecule has 2 aliphatic heterocycles. The van der Waals surface area contributed by atoms with Crippen molar-refractivity contribution >= 4 is 5.91 Å². The predicted octanol–water partition coefficient (Wildman–Crippen LogP) is 13.2. The Hall–Kier alpha value is -2.83. The fraction of sp³-hybridized carbons (Fsp3) is 0.786. The maximum Gasteiger partial charge on any atom is 0.220 e. The number of nitrogens with one attached hydrogen (secondary N) is 1. The van der Waals surface area contributed by atoms with E-state index in [1.54, 1.807) is 6.08 Å². The van der Waals surface area contributed by atoms with Gasteiger partial charge >= 0.3 is 0 Å². The molecule has 0 bridgehead atoms. The highest BCUT2D eigenvalue weighted by atomic mass is 16.7. The van der Waals surface area contributed by atoms with E-state index in [0.29, 0.717) is 6.42 Å². The van der Waals surface area contributed by atoms with Gasteiger partial charge in [-0.1, -0.05) is 266 Å². The van der Waals surface area contributed by atoms with E-state index >= 15 is 0 Å².